The zero-order valence-electron chi connectivity index (χ0n) is 11.6. The van der Waals surface area contributed by atoms with Crippen molar-refractivity contribution in [1.82, 2.24) is 0 Å². The van der Waals surface area contributed by atoms with Crippen LogP contribution in [-0.4, -0.2) is 12.8 Å². The lowest BCUT2D eigenvalue weighted by Crippen LogP contribution is -2.16. The van der Waals surface area contributed by atoms with E-state index in [1.54, 1.807) is 6.07 Å². The topological polar surface area (TPSA) is 46.3 Å². The number of hydrogen-bond donors (Lipinski definition) is 1. The van der Waals surface area contributed by atoms with Crippen LogP contribution in [0, 0.1) is 0 Å². The molecular weight excluding hydrogens is 316 g/mol. The average Bonchev–Trinajstić information content (AvgIpc) is 2.40. The van der Waals surface area contributed by atoms with Gasteiger partial charge in [-0.2, -0.15) is 0 Å². The van der Waals surface area contributed by atoms with Crippen molar-refractivity contribution >= 4 is 33.1 Å². The quantitative estimate of drug-likeness (QED) is 0.682. The average molecular weight is 333 g/mol. The summed E-state index contributed by atoms with van der Waals surface area (Å²) in [6, 6.07) is 13.8. The third-order valence-corrected chi connectivity index (χ3v) is 3.72. The molecule has 0 radical (unpaired) electrons. The number of ketones is 1. The van der Waals surface area contributed by atoms with Gasteiger partial charge in [-0.25, -0.2) is 0 Å². The normalized spacial score (nSPS) is 10.3. The van der Waals surface area contributed by atoms with Crippen molar-refractivity contribution in [3.8, 4) is 0 Å². The molecule has 3 nitrogen and oxygen atoms in total. The van der Waals surface area contributed by atoms with Gasteiger partial charge < -0.3 is 10.6 Å². The Kier molecular flexibility index (Phi) is 4.45. The minimum Gasteiger partial charge on any atom is -0.398 e. The van der Waals surface area contributed by atoms with Crippen molar-refractivity contribution in [2.45, 2.75) is 13.5 Å². The van der Waals surface area contributed by atoms with Crippen molar-refractivity contribution < 1.29 is 4.79 Å². The third kappa shape index (κ3) is 3.39. The fourth-order valence-corrected chi connectivity index (χ4v) is 2.33. The van der Waals surface area contributed by atoms with Gasteiger partial charge in [-0.3, -0.25) is 4.79 Å². The summed E-state index contributed by atoms with van der Waals surface area (Å²) in [6.45, 7) is 2.31. The van der Waals surface area contributed by atoms with Gasteiger partial charge in [0.25, 0.3) is 0 Å². The maximum Gasteiger partial charge on any atom is 0.161 e. The van der Waals surface area contributed by atoms with Gasteiger partial charge in [-0.15, -0.1) is 0 Å². The first-order valence-electron chi connectivity index (χ1n) is 6.33. The second kappa shape index (κ2) is 6.09. The molecule has 0 aromatic heterocycles. The molecule has 0 heterocycles. The highest BCUT2D eigenvalue weighted by Crippen LogP contribution is 2.22. The molecule has 0 saturated heterocycles. The molecule has 2 N–H and O–H groups in total. The Balaban J connectivity index is 2.17. The monoisotopic (exact) mass is 332 g/mol. The van der Waals surface area contributed by atoms with Crippen LogP contribution in [0.1, 0.15) is 22.8 Å². The van der Waals surface area contributed by atoms with Crippen molar-refractivity contribution in [3.05, 3.63) is 58.1 Å². The minimum absolute atomic E-state index is 0.00962. The van der Waals surface area contributed by atoms with Gasteiger partial charge in [-0.05, 0) is 42.8 Å². The van der Waals surface area contributed by atoms with E-state index in [-0.39, 0.29) is 5.78 Å². The fraction of sp³-hybridized carbons (Fsp3) is 0.188. The number of nitrogens with zero attached hydrogens (tertiary/aromatic N) is 1. The van der Waals surface area contributed by atoms with Crippen LogP contribution in [0.25, 0.3) is 0 Å². The van der Waals surface area contributed by atoms with Gasteiger partial charge in [-0.1, -0.05) is 28.1 Å². The molecule has 4 heteroatoms. The number of hydrogen-bond acceptors (Lipinski definition) is 3. The van der Waals surface area contributed by atoms with Crippen LogP contribution >= 0.6 is 15.9 Å². The Bertz CT molecular complexity index is 623. The molecule has 20 heavy (non-hydrogen) atoms. The molecule has 0 aliphatic carbocycles. The number of nitrogen functional groups attached to an aromatic ring is 1. The van der Waals surface area contributed by atoms with Gasteiger partial charge in [0.15, 0.2) is 5.78 Å². The summed E-state index contributed by atoms with van der Waals surface area (Å²) in [5, 5.41) is 0. The van der Waals surface area contributed by atoms with Crippen molar-refractivity contribution in [3.63, 3.8) is 0 Å². The third-order valence-electron chi connectivity index (χ3n) is 3.19. The fourth-order valence-electron chi connectivity index (χ4n) is 2.06. The van der Waals surface area contributed by atoms with Crippen LogP contribution in [0.2, 0.25) is 0 Å². The first kappa shape index (κ1) is 14.6. The van der Waals surface area contributed by atoms with E-state index in [0.29, 0.717) is 11.3 Å². The predicted molar refractivity (Wildman–Crippen MR) is 87.1 cm³/mol. The van der Waals surface area contributed by atoms with Gasteiger partial charge in [0.1, 0.15) is 0 Å². The Morgan fingerprint density at radius 2 is 1.85 bits per heavy atom. The smallest absolute Gasteiger partial charge is 0.161 e. The highest BCUT2D eigenvalue weighted by atomic mass is 79.9. The molecule has 0 aliphatic heterocycles. The number of nitrogens with two attached hydrogens (primary N) is 1. The van der Waals surface area contributed by atoms with Crippen LogP contribution < -0.4 is 10.6 Å². The molecule has 0 unspecified atom stereocenters. The largest absolute Gasteiger partial charge is 0.398 e. The van der Waals surface area contributed by atoms with E-state index >= 15 is 0 Å². The van der Waals surface area contributed by atoms with Crippen LogP contribution in [0.4, 0.5) is 11.4 Å². The lowest BCUT2D eigenvalue weighted by Gasteiger charge is -2.20. The highest BCUT2D eigenvalue weighted by Gasteiger charge is 2.08. The van der Waals surface area contributed by atoms with Crippen LogP contribution in [0.3, 0.4) is 0 Å². The predicted octanol–water partition coefficient (Wildman–Crippen LogP) is 3.87. The minimum atomic E-state index is -0.00962. The highest BCUT2D eigenvalue weighted by molar-refractivity contribution is 9.10. The van der Waals surface area contributed by atoms with Crippen LogP contribution in [-0.2, 0) is 6.54 Å². The molecule has 2 aromatic rings. The summed E-state index contributed by atoms with van der Waals surface area (Å²) >= 11 is 3.43. The number of halogens is 1. The molecular formula is C16H17BrN2O. The zero-order valence-corrected chi connectivity index (χ0v) is 13.1. The van der Waals surface area contributed by atoms with E-state index in [9.17, 15) is 4.79 Å². The number of carbonyl (C=O) groups is 1. The summed E-state index contributed by atoms with van der Waals surface area (Å²) in [4.78, 5) is 13.5. The maximum absolute atomic E-state index is 11.4. The zero-order chi connectivity index (χ0) is 14.7. The Morgan fingerprint density at radius 1 is 1.20 bits per heavy atom. The number of rotatable bonds is 4. The van der Waals surface area contributed by atoms with Crippen molar-refractivity contribution in [2.75, 3.05) is 17.7 Å². The molecule has 0 bridgehead atoms. The van der Waals surface area contributed by atoms with E-state index < -0.39 is 0 Å². The summed E-state index contributed by atoms with van der Waals surface area (Å²) in [6.07, 6.45) is 0. The molecule has 0 amide bonds. The number of Topliss-reactive ketones (excluding diaryl/α,β-unsaturated/α-hetero) is 1. The number of anilines is 2. The summed E-state index contributed by atoms with van der Waals surface area (Å²) in [5.41, 5.74) is 9.23. The van der Waals surface area contributed by atoms with Gasteiger partial charge in [0, 0.05) is 35.0 Å². The molecule has 0 aliphatic rings. The molecule has 0 saturated carbocycles. The van der Waals surface area contributed by atoms with E-state index in [1.807, 2.05) is 31.3 Å². The standard InChI is InChI=1S/C16H17BrN2O/c1-11(20)15-8-7-14(9-16(15)18)19(2)10-12-3-5-13(17)6-4-12/h3-9H,10,18H2,1-2H3. The van der Waals surface area contributed by atoms with E-state index in [1.165, 1.54) is 12.5 Å². The van der Waals surface area contributed by atoms with Crippen LogP contribution in [0.5, 0.6) is 0 Å². The SMILES string of the molecule is CC(=O)c1ccc(N(C)Cc2ccc(Br)cc2)cc1N. The molecule has 0 fully saturated rings. The van der Waals surface area contributed by atoms with Crippen LogP contribution in [0.15, 0.2) is 46.9 Å². The molecule has 2 rings (SSSR count). The second-order valence-corrected chi connectivity index (χ2v) is 5.73. The molecule has 0 spiro atoms. The summed E-state index contributed by atoms with van der Waals surface area (Å²) in [7, 11) is 2.00. The number of benzene rings is 2. The van der Waals surface area contributed by atoms with E-state index in [0.717, 1.165) is 16.7 Å². The van der Waals surface area contributed by atoms with Crippen molar-refractivity contribution in [1.29, 1.82) is 0 Å². The molecule has 104 valence electrons. The Labute approximate surface area is 127 Å². The molecule has 2 aromatic carbocycles. The second-order valence-electron chi connectivity index (χ2n) is 4.81. The summed E-state index contributed by atoms with van der Waals surface area (Å²) in [5.74, 6) is -0.00962. The first-order valence-corrected chi connectivity index (χ1v) is 7.12. The Hall–Kier alpha value is -1.81. The lowest BCUT2D eigenvalue weighted by atomic mass is 10.1. The number of carbonyl (C=O) groups excluding carboxylic acids is 1. The van der Waals surface area contributed by atoms with Gasteiger partial charge >= 0.3 is 0 Å². The van der Waals surface area contributed by atoms with Crippen molar-refractivity contribution in [2.24, 2.45) is 0 Å². The Morgan fingerprint density at radius 3 is 2.40 bits per heavy atom. The molecule has 0 atom stereocenters. The van der Waals surface area contributed by atoms with Gasteiger partial charge in [0.05, 0.1) is 0 Å². The van der Waals surface area contributed by atoms with E-state index in [2.05, 4.69) is 33.0 Å². The summed E-state index contributed by atoms with van der Waals surface area (Å²) < 4.78 is 1.07. The first-order chi connectivity index (χ1) is 9.47. The van der Waals surface area contributed by atoms with E-state index in [4.69, 9.17) is 5.73 Å². The van der Waals surface area contributed by atoms with Gasteiger partial charge in [0.2, 0.25) is 0 Å². The lowest BCUT2D eigenvalue weighted by molar-refractivity contribution is 0.101. The maximum atomic E-state index is 11.4.